The first kappa shape index (κ1) is 12.2. The second-order valence-electron chi connectivity index (χ2n) is 6.50. The van der Waals surface area contributed by atoms with Gasteiger partial charge in [-0.2, -0.15) is 0 Å². The van der Waals surface area contributed by atoms with E-state index in [4.69, 9.17) is 0 Å². The van der Waals surface area contributed by atoms with Crippen molar-refractivity contribution in [1.29, 1.82) is 0 Å². The van der Waals surface area contributed by atoms with Gasteiger partial charge in [-0.15, -0.1) is 0 Å². The molecule has 2 atom stereocenters. The molecule has 1 nitrogen and oxygen atoms in total. The SMILES string of the molecule is CC(C)NCC1C2CCC1Cc1ccccc1C2. The lowest BCUT2D eigenvalue weighted by molar-refractivity contribution is 0.296. The van der Waals surface area contributed by atoms with Gasteiger partial charge in [0.1, 0.15) is 0 Å². The largest absolute Gasteiger partial charge is 0.314 e. The average Bonchev–Trinajstić information content (AvgIpc) is 2.62. The second kappa shape index (κ2) is 5.05. The van der Waals surface area contributed by atoms with E-state index in [1.54, 1.807) is 11.1 Å². The van der Waals surface area contributed by atoms with Crippen molar-refractivity contribution in [3.05, 3.63) is 35.4 Å². The molecule has 2 unspecified atom stereocenters. The third kappa shape index (κ3) is 2.33. The maximum Gasteiger partial charge on any atom is 0.00104 e. The van der Waals surface area contributed by atoms with Gasteiger partial charge in [0.15, 0.2) is 0 Å². The van der Waals surface area contributed by atoms with E-state index in [0.29, 0.717) is 6.04 Å². The molecule has 0 heterocycles. The summed E-state index contributed by atoms with van der Waals surface area (Å²) >= 11 is 0. The third-order valence-electron chi connectivity index (χ3n) is 4.96. The smallest absolute Gasteiger partial charge is 0.00104 e. The average molecular weight is 243 g/mol. The zero-order valence-corrected chi connectivity index (χ0v) is 11.7. The number of rotatable bonds is 3. The van der Waals surface area contributed by atoms with Crippen LogP contribution in [-0.4, -0.2) is 12.6 Å². The topological polar surface area (TPSA) is 12.0 Å². The molecular weight excluding hydrogens is 218 g/mol. The molecule has 1 fully saturated rings. The molecule has 0 amide bonds. The second-order valence-corrected chi connectivity index (χ2v) is 6.50. The van der Waals surface area contributed by atoms with Crippen molar-refractivity contribution >= 4 is 0 Å². The van der Waals surface area contributed by atoms with Gasteiger partial charge in [-0.05, 0) is 61.1 Å². The first-order valence-electron chi connectivity index (χ1n) is 7.54. The fourth-order valence-electron chi connectivity index (χ4n) is 3.97. The van der Waals surface area contributed by atoms with Crippen LogP contribution in [-0.2, 0) is 12.8 Å². The predicted octanol–water partition coefficient (Wildman–Crippen LogP) is 3.43. The molecule has 0 spiro atoms. The quantitative estimate of drug-likeness (QED) is 0.857. The van der Waals surface area contributed by atoms with Crippen molar-refractivity contribution in [2.45, 2.75) is 45.6 Å². The van der Waals surface area contributed by atoms with Gasteiger partial charge in [0.25, 0.3) is 0 Å². The fourth-order valence-corrected chi connectivity index (χ4v) is 3.97. The molecule has 2 aliphatic carbocycles. The van der Waals surface area contributed by atoms with Gasteiger partial charge in [-0.3, -0.25) is 0 Å². The first-order chi connectivity index (χ1) is 8.74. The van der Waals surface area contributed by atoms with Crippen LogP contribution in [0.4, 0.5) is 0 Å². The van der Waals surface area contributed by atoms with E-state index in [9.17, 15) is 0 Å². The molecule has 0 aromatic heterocycles. The Hall–Kier alpha value is -0.820. The van der Waals surface area contributed by atoms with Crippen LogP contribution in [0.25, 0.3) is 0 Å². The van der Waals surface area contributed by atoms with Gasteiger partial charge in [-0.25, -0.2) is 0 Å². The zero-order valence-electron chi connectivity index (χ0n) is 11.7. The van der Waals surface area contributed by atoms with E-state index in [-0.39, 0.29) is 0 Å². The van der Waals surface area contributed by atoms with E-state index in [1.165, 1.54) is 32.2 Å². The van der Waals surface area contributed by atoms with Gasteiger partial charge in [-0.1, -0.05) is 38.1 Å². The van der Waals surface area contributed by atoms with Crippen LogP contribution >= 0.6 is 0 Å². The summed E-state index contributed by atoms with van der Waals surface area (Å²) in [5.41, 5.74) is 3.25. The number of benzene rings is 1. The van der Waals surface area contributed by atoms with Crippen LogP contribution in [0, 0.1) is 17.8 Å². The molecule has 0 aliphatic heterocycles. The minimum Gasteiger partial charge on any atom is -0.314 e. The summed E-state index contributed by atoms with van der Waals surface area (Å²) in [5.74, 6) is 2.74. The Kier molecular flexibility index (Phi) is 3.43. The first-order valence-corrected chi connectivity index (χ1v) is 7.54. The normalized spacial score (nSPS) is 30.3. The molecule has 18 heavy (non-hydrogen) atoms. The summed E-state index contributed by atoms with van der Waals surface area (Å²) in [4.78, 5) is 0. The Bertz CT molecular complexity index is 377. The van der Waals surface area contributed by atoms with E-state index in [1.807, 2.05) is 0 Å². The molecule has 0 saturated heterocycles. The molecule has 3 rings (SSSR count). The Balaban J connectivity index is 1.78. The molecule has 1 aromatic carbocycles. The number of hydrogen-bond acceptors (Lipinski definition) is 1. The summed E-state index contributed by atoms with van der Waals surface area (Å²) in [5, 5.41) is 3.67. The monoisotopic (exact) mass is 243 g/mol. The highest BCUT2D eigenvalue weighted by molar-refractivity contribution is 5.30. The Labute approximate surface area is 111 Å². The molecule has 1 aromatic rings. The van der Waals surface area contributed by atoms with Crippen molar-refractivity contribution in [3.63, 3.8) is 0 Å². The van der Waals surface area contributed by atoms with Crippen LogP contribution < -0.4 is 5.32 Å². The molecule has 0 radical (unpaired) electrons. The zero-order chi connectivity index (χ0) is 12.5. The summed E-state index contributed by atoms with van der Waals surface area (Å²) < 4.78 is 0. The molecular formula is C17H25N. The highest BCUT2D eigenvalue weighted by atomic mass is 14.9. The Morgan fingerprint density at radius 1 is 1.06 bits per heavy atom. The van der Waals surface area contributed by atoms with Gasteiger partial charge >= 0.3 is 0 Å². The van der Waals surface area contributed by atoms with Crippen LogP contribution in [0.1, 0.15) is 37.8 Å². The highest BCUT2D eigenvalue weighted by Gasteiger charge is 2.38. The van der Waals surface area contributed by atoms with Gasteiger partial charge in [0.05, 0.1) is 0 Å². The number of nitrogens with one attached hydrogen (secondary N) is 1. The highest BCUT2D eigenvalue weighted by Crippen LogP contribution is 2.43. The van der Waals surface area contributed by atoms with Crippen molar-refractivity contribution in [3.8, 4) is 0 Å². The van der Waals surface area contributed by atoms with Crippen LogP contribution in [0.3, 0.4) is 0 Å². The Morgan fingerprint density at radius 2 is 1.61 bits per heavy atom. The number of fused-ring (bicyclic) bond motifs is 3. The molecule has 1 heteroatoms. The van der Waals surface area contributed by atoms with Gasteiger partial charge in [0.2, 0.25) is 0 Å². The van der Waals surface area contributed by atoms with E-state index < -0.39 is 0 Å². The summed E-state index contributed by atoms with van der Waals surface area (Å²) in [6.45, 7) is 5.74. The van der Waals surface area contributed by atoms with E-state index in [0.717, 1.165) is 17.8 Å². The maximum atomic E-state index is 3.67. The molecule has 1 N–H and O–H groups in total. The van der Waals surface area contributed by atoms with E-state index >= 15 is 0 Å². The fraction of sp³-hybridized carbons (Fsp3) is 0.647. The molecule has 98 valence electrons. The van der Waals surface area contributed by atoms with Crippen LogP contribution in [0.2, 0.25) is 0 Å². The summed E-state index contributed by atoms with van der Waals surface area (Å²) in [6.07, 6.45) is 5.53. The van der Waals surface area contributed by atoms with E-state index in [2.05, 4.69) is 43.4 Å². The summed E-state index contributed by atoms with van der Waals surface area (Å²) in [7, 11) is 0. The van der Waals surface area contributed by atoms with Gasteiger partial charge in [0, 0.05) is 6.04 Å². The Morgan fingerprint density at radius 3 is 2.11 bits per heavy atom. The lowest BCUT2D eigenvalue weighted by Gasteiger charge is -2.23. The minimum atomic E-state index is 0.620. The van der Waals surface area contributed by atoms with Gasteiger partial charge < -0.3 is 5.32 Å². The van der Waals surface area contributed by atoms with Crippen LogP contribution in [0.15, 0.2) is 24.3 Å². The van der Waals surface area contributed by atoms with Crippen LogP contribution in [0.5, 0.6) is 0 Å². The number of hydrogen-bond donors (Lipinski definition) is 1. The van der Waals surface area contributed by atoms with Crippen molar-refractivity contribution in [1.82, 2.24) is 5.32 Å². The summed E-state index contributed by atoms with van der Waals surface area (Å²) in [6, 6.07) is 9.74. The molecule has 2 bridgehead atoms. The minimum absolute atomic E-state index is 0.620. The van der Waals surface area contributed by atoms with Crippen molar-refractivity contribution in [2.75, 3.05) is 6.54 Å². The third-order valence-corrected chi connectivity index (χ3v) is 4.96. The van der Waals surface area contributed by atoms with Crippen molar-refractivity contribution < 1.29 is 0 Å². The lowest BCUT2D eigenvalue weighted by atomic mass is 9.87. The predicted molar refractivity (Wildman–Crippen MR) is 76.7 cm³/mol. The standard InChI is InChI=1S/C17H25N/c1-12(2)18-11-17-15-7-8-16(17)10-14-6-4-3-5-13(14)9-15/h3-6,12,15-18H,7-11H2,1-2H3. The maximum absolute atomic E-state index is 3.67. The molecule has 1 saturated carbocycles. The lowest BCUT2D eigenvalue weighted by Crippen LogP contribution is -2.33. The van der Waals surface area contributed by atoms with Crippen molar-refractivity contribution in [2.24, 2.45) is 17.8 Å². The molecule has 2 aliphatic rings.